The molecule has 1 aromatic carbocycles. The number of benzene rings is 1. The van der Waals surface area contributed by atoms with Crippen molar-refractivity contribution in [1.82, 2.24) is 4.90 Å². The minimum absolute atomic E-state index is 0.212. The van der Waals surface area contributed by atoms with Crippen molar-refractivity contribution in [1.29, 1.82) is 0 Å². The second kappa shape index (κ2) is 8.13. The SMILES string of the molecule is CCOC(=O)CC(CC)(c1ccc(F)cc1)N(CC)CC. The van der Waals surface area contributed by atoms with Gasteiger partial charge in [-0.15, -0.1) is 0 Å². The van der Waals surface area contributed by atoms with E-state index in [0.717, 1.165) is 25.1 Å². The molecular formula is C17H26FNO2. The molecule has 0 fully saturated rings. The summed E-state index contributed by atoms with van der Waals surface area (Å²) in [6.45, 7) is 10.0. The van der Waals surface area contributed by atoms with E-state index in [1.165, 1.54) is 12.1 Å². The quantitative estimate of drug-likeness (QED) is 0.684. The summed E-state index contributed by atoms with van der Waals surface area (Å²) in [4.78, 5) is 14.3. The summed E-state index contributed by atoms with van der Waals surface area (Å²) in [7, 11) is 0. The van der Waals surface area contributed by atoms with Crippen LogP contribution in [0.25, 0.3) is 0 Å². The van der Waals surface area contributed by atoms with Crippen molar-refractivity contribution in [2.24, 2.45) is 0 Å². The predicted molar refractivity (Wildman–Crippen MR) is 82.5 cm³/mol. The summed E-state index contributed by atoms with van der Waals surface area (Å²) < 4.78 is 18.4. The Hall–Kier alpha value is -1.42. The number of carbonyl (C=O) groups is 1. The van der Waals surface area contributed by atoms with Crippen molar-refractivity contribution in [3.8, 4) is 0 Å². The van der Waals surface area contributed by atoms with Crippen LogP contribution in [0.15, 0.2) is 24.3 Å². The molecule has 0 aliphatic carbocycles. The first-order valence-electron chi connectivity index (χ1n) is 7.70. The Balaban J connectivity index is 3.24. The number of halogens is 1. The highest BCUT2D eigenvalue weighted by atomic mass is 19.1. The van der Waals surface area contributed by atoms with E-state index < -0.39 is 5.54 Å². The van der Waals surface area contributed by atoms with Crippen molar-refractivity contribution in [2.75, 3.05) is 19.7 Å². The van der Waals surface area contributed by atoms with Crippen molar-refractivity contribution in [3.05, 3.63) is 35.6 Å². The first-order chi connectivity index (χ1) is 10.0. The van der Waals surface area contributed by atoms with E-state index in [1.807, 2.05) is 0 Å². The van der Waals surface area contributed by atoms with Crippen LogP contribution < -0.4 is 0 Å². The molecule has 0 aliphatic rings. The van der Waals surface area contributed by atoms with Gasteiger partial charge < -0.3 is 4.74 Å². The summed E-state index contributed by atoms with van der Waals surface area (Å²) >= 11 is 0. The van der Waals surface area contributed by atoms with Gasteiger partial charge in [-0.3, -0.25) is 9.69 Å². The van der Waals surface area contributed by atoms with E-state index >= 15 is 0 Å². The van der Waals surface area contributed by atoms with E-state index in [9.17, 15) is 9.18 Å². The molecule has 0 saturated carbocycles. The summed E-state index contributed by atoms with van der Waals surface area (Å²) in [5.41, 5.74) is 0.520. The molecule has 0 bridgehead atoms. The Labute approximate surface area is 127 Å². The van der Waals surface area contributed by atoms with E-state index in [4.69, 9.17) is 4.74 Å². The molecule has 0 radical (unpaired) electrons. The normalized spacial score (nSPS) is 14.0. The molecular weight excluding hydrogens is 269 g/mol. The lowest BCUT2D eigenvalue weighted by molar-refractivity contribution is -0.147. The molecule has 0 saturated heterocycles. The van der Waals surface area contributed by atoms with E-state index in [-0.39, 0.29) is 18.2 Å². The Morgan fingerprint density at radius 2 is 1.71 bits per heavy atom. The Morgan fingerprint density at radius 1 is 1.14 bits per heavy atom. The van der Waals surface area contributed by atoms with Crippen molar-refractivity contribution >= 4 is 5.97 Å². The third-order valence-corrected chi connectivity index (χ3v) is 4.08. The molecule has 1 atom stereocenters. The maximum absolute atomic E-state index is 13.2. The van der Waals surface area contributed by atoms with Gasteiger partial charge in [0.25, 0.3) is 0 Å². The maximum Gasteiger partial charge on any atom is 0.308 e. The molecule has 0 N–H and O–H groups in total. The third kappa shape index (κ3) is 4.03. The predicted octanol–water partition coefficient (Wildman–Crippen LogP) is 3.73. The molecule has 0 aliphatic heterocycles. The molecule has 0 spiro atoms. The third-order valence-electron chi connectivity index (χ3n) is 4.08. The minimum atomic E-state index is -0.441. The summed E-state index contributed by atoms with van der Waals surface area (Å²) in [5.74, 6) is -0.477. The zero-order valence-corrected chi connectivity index (χ0v) is 13.5. The monoisotopic (exact) mass is 295 g/mol. The van der Waals surface area contributed by atoms with Gasteiger partial charge in [-0.25, -0.2) is 4.39 Å². The maximum atomic E-state index is 13.2. The van der Waals surface area contributed by atoms with Crippen LogP contribution in [0.5, 0.6) is 0 Å². The first-order valence-corrected chi connectivity index (χ1v) is 7.70. The Bertz CT molecular complexity index is 443. The highest BCUT2D eigenvalue weighted by molar-refractivity contribution is 5.71. The van der Waals surface area contributed by atoms with Crippen molar-refractivity contribution in [2.45, 2.75) is 46.1 Å². The molecule has 21 heavy (non-hydrogen) atoms. The lowest BCUT2D eigenvalue weighted by Crippen LogP contribution is -2.47. The van der Waals surface area contributed by atoms with Crippen LogP contribution in [-0.4, -0.2) is 30.6 Å². The highest BCUT2D eigenvalue weighted by Crippen LogP contribution is 2.36. The standard InChI is InChI=1S/C17H26FNO2/c1-5-17(19(6-2)7-3,13-16(20)21-8-4)14-9-11-15(18)12-10-14/h9-12H,5-8,13H2,1-4H3. The van der Waals surface area contributed by atoms with Gasteiger partial charge in [-0.1, -0.05) is 32.9 Å². The summed E-state index contributed by atoms with van der Waals surface area (Å²) in [6.07, 6.45) is 1.05. The zero-order chi connectivity index (χ0) is 15.9. The first kappa shape index (κ1) is 17.6. The topological polar surface area (TPSA) is 29.5 Å². The Morgan fingerprint density at radius 3 is 2.14 bits per heavy atom. The van der Waals surface area contributed by atoms with Crippen LogP contribution >= 0.6 is 0 Å². The van der Waals surface area contributed by atoms with Gasteiger partial charge in [0.05, 0.1) is 18.6 Å². The van der Waals surface area contributed by atoms with Gasteiger partial charge in [0.2, 0.25) is 0 Å². The fourth-order valence-corrected chi connectivity index (χ4v) is 2.99. The number of rotatable bonds is 8. The molecule has 118 valence electrons. The Kier molecular flexibility index (Phi) is 6.82. The largest absolute Gasteiger partial charge is 0.466 e. The summed E-state index contributed by atoms with van der Waals surface area (Å²) in [6, 6.07) is 6.45. The van der Waals surface area contributed by atoms with Crippen molar-refractivity contribution < 1.29 is 13.9 Å². The molecule has 4 heteroatoms. The average Bonchev–Trinajstić information content (AvgIpc) is 2.48. The molecule has 1 aromatic rings. The van der Waals surface area contributed by atoms with Gasteiger partial charge in [0.15, 0.2) is 0 Å². The van der Waals surface area contributed by atoms with Crippen LogP contribution in [0.3, 0.4) is 0 Å². The fraction of sp³-hybridized carbons (Fsp3) is 0.588. The van der Waals surface area contributed by atoms with Crippen LogP contribution in [0.2, 0.25) is 0 Å². The van der Waals surface area contributed by atoms with Crippen LogP contribution in [-0.2, 0) is 15.1 Å². The van der Waals surface area contributed by atoms with Gasteiger partial charge in [-0.05, 0) is 44.1 Å². The van der Waals surface area contributed by atoms with Crippen LogP contribution in [0, 0.1) is 5.82 Å². The molecule has 0 aromatic heterocycles. The molecule has 3 nitrogen and oxygen atoms in total. The van der Waals surface area contributed by atoms with Gasteiger partial charge in [-0.2, -0.15) is 0 Å². The number of hydrogen-bond donors (Lipinski definition) is 0. The molecule has 1 unspecified atom stereocenters. The average molecular weight is 295 g/mol. The van der Waals surface area contributed by atoms with Gasteiger partial charge in [0.1, 0.15) is 5.82 Å². The second-order valence-electron chi connectivity index (χ2n) is 5.05. The van der Waals surface area contributed by atoms with E-state index in [0.29, 0.717) is 6.61 Å². The molecule has 0 heterocycles. The van der Waals surface area contributed by atoms with Crippen LogP contribution in [0.4, 0.5) is 4.39 Å². The van der Waals surface area contributed by atoms with Crippen LogP contribution in [0.1, 0.15) is 46.1 Å². The molecule has 0 amide bonds. The smallest absolute Gasteiger partial charge is 0.308 e. The number of ether oxygens (including phenoxy) is 1. The lowest BCUT2D eigenvalue weighted by atomic mass is 9.82. The highest BCUT2D eigenvalue weighted by Gasteiger charge is 2.38. The van der Waals surface area contributed by atoms with E-state index in [1.54, 1.807) is 19.1 Å². The number of nitrogens with zero attached hydrogens (tertiary/aromatic N) is 1. The summed E-state index contributed by atoms with van der Waals surface area (Å²) in [5, 5.41) is 0. The number of carbonyl (C=O) groups excluding carboxylic acids is 1. The zero-order valence-electron chi connectivity index (χ0n) is 13.5. The number of esters is 1. The van der Waals surface area contributed by atoms with Gasteiger partial charge in [0, 0.05) is 0 Å². The lowest BCUT2D eigenvalue weighted by Gasteiger charge is -2.42. The van der Waals surface area contributed by atoms with Gasteiger partial charge >= 0.3 is 5.97 Å². The van der Waals surface area contributed by atoms with E-state index in [2.05, 4.69) is 25.7 Å². The minimum Gasteiger partial charge on any atom is -0.466 e. The fourth-order valence-electron chi connectivity index (χ4n) is 2.99. The second-order valence-corrected chi connectivity index (χ2v) is 5.05. The number of hydrogen-bond acceptors (Lipinski definition) is 3. The molecule has 1 rings (SSSR count). The van der Waals surface area contributed by atoms with Crippen molar-refractivity contribution in [3.63, 3.8) is 0 Å².